The maximum absolute atomic E-state index is 5.67. The predicted molar refractivity (Wildman–Crippen MR) is 64.3 cm³/mol. The molecule has 0 bridgehead atoms. The molecular formula is C13H20N3+. The summed E-state index contributed by atoms with van der Waals surface area (Å²) in [6, 6.07) is 0. The molecule has 0 saturated carbocycles. The van der Waals surface area contributed by atoms with E-state index in [1.807, 2.05) is 0 Å². The first-order chi connectivity index (χ1) is 7.83. The minimum atomic E-state index is 0.548. The molecule has 1 aromatic heterocycles. The van der Waals surface area contributed by atoms with Crippen LogP contribution in [0.1, 0.15) is 35.4 Å². The lowest BCUT2D eigenvalue weighted by atomic mass is 10.1. The van der Waals surface area contributed by atoms with Gasteiger partial charge in [-0.3, -0.25) is 0 Å². The molecule has 2 aliphatic rings. The lowest BCUT2D eigenvalue weighted by molar-refractivity contribution is -0.686. The molecule has 0 atom stereocenters. The van der Waals surface area contributed by atoms with E-state index in [0.29, 0.717) is 6.67 Å². The predicted octanol–water partition coefficient (Wildman–Crippen LogP) is 0.817. The Hall–Kier alpha value is -1.09. The number of aromatic nitrogens is 1. The summed E-state index contributed by atoms with van der Waals surface area (Å²) in [5, 5.41) is 3.40. The minimum Gasteiger partial charge on any atom is -0.372 e. The first-order valence-corrected chi connectivity index (χ1v) is 6.32. The van der Waals surface area contributed by atoms with Crippen molar-refractivity contribution in [3.63, 3.8) is 0 Å². The van der Waals surface area contributed by atoms with Gasteiger partial charge < -0.3 is 11.1 Å². The highest BCUT2D eigenvalue weighted by molar-refractivity contribution is 5.61. The van der Waals surface area contributed by atoms with Gasteiger partial charge in [0.25, 0.3) is 0 Å². The molecule has 3 rings (SSSR count). The van der Waals surface area contributed by atoms with Gasteiger partial charge in [0, 0.05) is 24.0 Å². The van der Waals surface area contributed by atoms with Crippen molar-refractivity contribution in [1.29, 1.82) is 0 Å². The van der Waals surface area contributed by atoms with Gasteiger partial charge in [0.05, 0.1) is 12.4 Å². The molecule has 2 aliphatic carbocycles. The fourth-order valence-electron chi connectivity index (χ4n) is 3.39. The Morgan fingerprint density at radius 1 is 1.06 bits per heavy atom. The monoisotopic (exact) mass is 218 g/mol. The molecule has 1 aromatic rings. The average Bonchev–Trinajstić information content (AvgIpc) is 2.92. The van der Waals surface area contributed by atoms with Crippen LogP contribution in [0.25, 0.3) is 0 Å². The average molecular weight is 218 g/mol. The topological polar surface area (TPSA) is 41.9 Å². The van der Waals surface area contributed by atoms with Gasteiger partial charge in [-0.1, -0.05) is 0 Å². The Labute approximate surface area is 96.7 Å². The van der Waals surface area contributed by atoms with Gasteiger partial charge in [0.1, 0.15) is 7.05 Å². The van der Waals surface area contributed by atoms with E-state index >= 15 is 0 Å². The zero-order chi connectivity index (χ0) is 11.1. The van der Waals surface area contributed by atoms with Crippen molar-refractivity contribution in [1.82, 2.24) is 0 Å². The van der Waals surface area contributed by atoms with Crippen molar-refractivity contribution in [2.45, 2.75) is 38.5 Å². The maximum atomic E-state index is 5.67. The van der Waals surface area contributed by atoms with Gasteiger partial charge in [0.15, 0.2) is 11.4 Å². The molecule has 0 radical (unpaired) electrons. The van der Waals surface area contributed by atoms with E-state index in [4.69, 9.17) is 5.73 Å². The molecule has 3 N–H and O–H groups in total. The molecular weight excluding hydrogens is 198 g/mol. The second kappa shape index (κ2) is 3.74. The van der Waals surface area contributed by atoms with Crippen LogP contribution in [0.15, 0.2) is 0 Å². The Balaban J connectivity index is 2.23. The van der Waals surface area contributed by atoms with Crippen LogP contribution in [0.5, 0.6) is 0 Å². The first kappa shape index (κ1) is 10.1. The fourth-order valence-corrected chi connectivity index (χ4v) is 3.39. The van der Waals surface area contributed by atoms with Crippen LogP contribution in [0.4, 0.5) is 5.69 Å². The molecule has 0 aromatic carbocycles. The standard InChI is InChI=1S/C13H19N3/c1-16-11-6-2-4-9(11)13(15-8-14)10-5-3-7-12(10)16/h2-8,14H2,1H3/p+1. The van der Waals surface area contributed by atoms with Crippen LogP contribution < -0.4 is 15.6 Å². The number of pyridine rings is 1. The van der Waals surface area contributed by atoms with E-state index in [1.54, 1.807) is 0 Å². The molecule has 0 aliphatic heterocycles. The largest absolute Gasteiger partial charge is 0.372 e. The zero-order valence-electron chi connectivity index (χ0n) is 9.97. The summed E-state index contributed by atoms with van der Waals surface area (Å²) in [6.45, 7) is 0.548. The summed E-state index contributed by atoms with van der Waals surface area (Å²) >= 11 is 0. The summed E-state index contributed by atoms with van der Waals surface area (Å²) in [5.74, 6) is 0. The molecule has 0 fully saturated rings. The van der Waals surface area contributed by atoms with Crippen LogP contribution in [-0.2, 0) is 32.7 Å². The number of fused-ring (bicyclic) bond motifs is 2. The highest BCUT2D eigenvalue weighted by Gasteiger charge is 2.32. The normalized spacial score (nSPS) is 17.4. The summed E-state index contributed by atoms with van der Waals surface area (Å²) in [7, 11) is 2.24. The van der Waals surface area contributed by atoms with Crippen LogP contribution in [-0.4, -0.2) is 6.67 Å². The van der Waals surface area contributed by atoms with Crippen molar-refractivity contribution in [2.75, 3.05) is 12.0 Å². The molecule has 86 valence electrons. The lowest BCUT2D eigenvalue weighted by Crippen LogP contribution is -2.39. The van der Waals surface area contributed by atoms with Crippen molar-refractivity contribution < 1.29 is 4.57 Å². The van der Waals surface area contributed by atoms with Gasteiger partial charge in [-0.2, -0.15) is 0 Å². The highest BCUT2D eigenvalue weighted by atomic mass is 15.0. The second-order valence-corrected chi connectivity index (χ2v) is 4.87. The van der Waals surface area contributed by atoms with Crippen molar-refractivity contribution in [2.24, 2.45) is 12.8 Å². The molecule has 0 amide bonds. The third-order valence-corrected chi connectivity index (χ3v) is 4.07. The Kier molecular flexibility index (Phi) is 2.36. The number of hydrogen-bond acceptors (Lipinski definition) is 2. The summed E-state index contributed by atoms with van der Waals surface area (Å²) < 4.78 is 2.45. The molecule has 0 unspecified atom stereocenters. The molecule has 16 heavy (non-hydrogen) atoms. The lowest BCUT2D eigenvalue weighted by Gasteiger charge is -2.13. The van der Waals surface area contributed by atoms with Crippen LogP contribution in [0, 0.1) is 0 Å². The van der Waals surface area contributed by atoms with Crippen LogP contribution in [0.3, 0.4) is 0 Å². The van der Waals surface area contributed by atoms with E-state index < -0.39 is 0 Å². The Morgan fingerprint density at radius 3 is 2.12 bits per heavy atom. The number of anilines is 1. The van der Waals surface area contributed by atoms with E-state index in [9.17, 15) is 0 Å². The SMILES string of the molecule is C[n+]1c2c(c(NCN)c3c1CCC3)CCC2. The van der Waals surface area contributed by atoms with Crippen molar-refractivity contribution in [3.05, 3.63) is 22.5 Å². The summed E-state index contributed by atoms with van der Waals surface area (Å²) in [5.41, 5.74) is 13.2. The highest BCUT2D eigenvalue weighted by Crippen LogP contribution is 2.35. The second-order valence-electron chi connectivity index (χ2n) is 4.87. The van der Waals surface area contributed by atoms with E-state index in [2.05, 4.69) is 16.9 Å². The van der Waals surface area contributed by atoms with Crippen LogP contribution >= 0.6 is 0 Å². The van der Waals surface area contributed by atoms with Gasteiger partial charge in [-0.15, -0.1) is 0 Å². The number of hydrogen-bond donors (Lipinski definition) is 2. The molecule has 1 heterocycles. The van der Waals surface area contributed by atoms with Crippen molar-refractivity contribution in [3.8, 4) is 0 Å². The molecule has 3 heteroatoms. The van der Waals surface area contributed by atoms with Gasteiger partial charge in [-0.25, -0.2) is 4.57 Å². The van der Waals surface area contributed by atoms with Gasteiger partial charge in [0.2, 0.25) is 0 Å². The fraction of sp³-hybridized carbons (Fsp3) is 0.615. The summed E-state index contributed by atoms with van der Waals surface area (Å²) in [6.07, 6.45) is 7.50. The summed E-state index contributed by atoms with van der Waals surface area (Å²) in [4.78, 5) is 0. The first-order valence-electron chi connectivity index (χ1n) is 6.32. The smallest absolute Gasteiger partial charge is 0.186 e. The Morgan fingerprint density at radius 2 is 1.62 bits per heavy atom. The molecule has 0 saturated heterocycles. The van der Waals surface area contributed by atoms with Gasteiger partial charge in [-0.05, 0) is 25.7 Å². The maximum Gasteiger partial charge on any atom is 0.186 e. The number of rotatable bonds is 2. The quantitative estimate of drug-likeness (QED) is 0.570. The van der Waals surface area contributed by atoms with E-state index in [-0.39, 0.29) is 0 Å². The third kappa shape index (κ3) is 1.27. The Bertz CT molecular complexity index is 402. The number of nitrogens with two attached hydrogens (primary N) is 1. The van der Waals surface area contributed by atoms with Crippen LogP contribution in [0.2, 0.25) is 0 Å². The zero-order valence-corrected chi connectivity index (χ0v) is 9.97. The minimum absolute atomic E-state index is 0.548. The van der Waals surface area contributed by atoms with Gasteiger partial charge >= 0.3 is 0 Å². The number of nitrogens with zero attached hydrogens (tertiary/aromatic N) is 1. The third-order valence-electron chi connectivity index (χ3n) is 4.07. The van der Waals surface area contributed by atoms with E-state index in [1.165, 1.54) is 66.7 Å². The number of nitrogens with one attached hydrogen (secondary N) is 1. The molecule has 3 nitrogen and oxygen atoms in total. The molecule has 0 spiro atoms. The van der Waals surface area contributed by atoms with Crippen molar-refractivity contribution >= 4 is 5.69 Å². The van der Waals surface area contributed by atoms with E-state index in [0.717, 1.165) is 0 Å².